The van der Waals surface area contributed by atoms with E-state index in [2.05, 4.69) is 15.3 Å². The Morgan fingerprint density at radius 1 is 1.19 bits per heavy atom. The maximum Gasteiger partial charge on any atom is 0.258 e. The van der Waals surface area contributed by atoms with Gasteiger partial charge in [0.2, 0.25) is 11.8 Å². The first-order valence-electron chi connectivity index (χ1n) is 8.83. The second kappa shape index (κ2) is 9.16. The molecule has 0 spiro atoms. The Morgan fingerprint density at radius 2 is 1.93 bits per heavy atom. The van der Waals surface area contributed by atoms with Crippen LogP contribution in [0.25, 0.3) is 0 Å². The van der Waals surface area contributed by atoms with Crippen molar-refractivity contribution in [2.75, 3.05) is 13.7 Å². The number of methoxy groups -OCH3 is 1. The summed E-state index contributed by atoms with van der Waals surface area (Å²) in [5.41, 5.74) is 0. The molecular weight excluding hydrogens is 353 g/mol. The number of rotatable bonds is 7. The topological polar surface area (TPSA) is 82.6 Å². The van der Waals surface area contributed by atoms with Crippen LogP contribution in [0.5, 0.6) is 17.5 Å². The molecule has 3 rings (SSSR count). The third-order valence-corrected chi connectivity index (χ3v) is 4.32. The highest BCUT2D eigenvalue weighted by Gasteiger charge is 2.24. The molecule has 2 aromatic rings. The first-order valence-corrected chi connectivity index (χ1v) is 8.83. The summed E-state index contributed by atoms with van der Waals surface area (Å²) in [5.74, 6) is 0.164. The highest BCUT2D eigenvalue weighted by atomic mass is 19.1. The normalized spacial score (nSPS) is 19.2. The summed E-state index contributed by atoms with van der Waals surface area (Å²) in [5, 5.41) is 2.92. The van der Waals surface area contributed by atoms with Gasteiger partial charge in [-0.1, -0.05) is 12.1 Å². The van der Waals surface area contributed by atoms with Gasteiger partial charge >= 0.3 is 0 Å². The van der Waals surface area contributed by atoms with Gasteiger partial charge in [-0.05, 0) is 37.8 Å². The van der Waals surface area contributed by atoms with E-state index in [1.54, 1.807) is 18.3 Å². The molecule has 0 aliphatic heterocycles. The Balaban J connectivity index is 1.40. The van der Waals surface area contributed by atoms with Crippen molar-refractivity contribution in [1.82, 2.24) is 15.3 Å². The molecular formula is C19H22FN3O4. The van der Waals surface area contributed by atoms with Crippen molar-refractivity contribution >= 4 is 5.91 Å². The Kier molecular flexibility index (Phi) is 6.40. The molecule has 0 saturated heterocycles. The molecule has 0 unspecified atom stereocenters. The van der Waals surface area contributed by atoms with E-state index in [1.165, 1.54) is 25.4 Å². The summed E-state index contributed by atoms with van der Waals surface area (Å²) in [6, 6.07) is 6.07. The van der Waals surface area contributed by atoms with Gasteiger partial charge in [0.05, 0.1) is 19.5 Å². The molecule has 7 nitrogen and oxygen atoms in total. The lowest BCUT2D eigenvalue weighted by molar-refractivity contribution is -0.124. The van der Waals surface area contributed by atoms with Crippen LogP contribution in [0.15, 0.2) is 36.7 Å². The summed E-state index contributed by atoms with van der Waals surface area (Å²) in [7, 11) is 1.53. The van der Waals surface area contributed by atoms with Crippen molar-refractivity contribution < 1.29 is 23.4 Å². The van der Waals surface area contributed by atoms with Crippen LogP contribution in [0.3, 0.4) is 0 Å². The standard InChI is InChI=1S/C19H22FN3O4/c1-25-18-10-21-11-19(23-18)27-14-8-6-13(7-9-14)22-17(24)12-26-16-5-3-2-4-15(16)20/h2-5,10-11,13-14H,6-9,12H2,1H3,(H,22,24). The van der Waals surface area contributed by atoms with Crippen LogP contribution >= 0.6 is 0 Å². The fourth-order valence-electron chi connectivity index (χ4n) is 2.96. The number of nitrogens with zero attached hydrogens (tertiary/aromatic N) is 2. The van der Waals surface area contributed by atoms with Crippen LogP contribution in [0.1, 0.15) is 25.7 Å². The van der Waals surface area contributed by atoms with Crippen LogP contribution in [0.4, 0.5) is 4.39 Å². The number of carbonyl (C=O) groups is 1. The zero-order valence-electron chi connectivity index (χ0n) is 15.1. The smallest absolute Gasteiger partial charge is 0.258 e. The fraction of sp³-hybridized carbons (Fsp3) is 0.421. The van der Waals surface area contributed by atoms with Crippen LogP contribution in [-0.4, -0.2) is 41.7 Å². The number of aromatic nitrogens is 2. The number of nitrogens with one attached hydrogen (secondary N) is 1. The summed E-state index contributed by atoms with van der Waals surface area (Å²) in [4.78, 5) is 20.2. The van der Waals surface area contributed by atoms with E-state index in [1.807, 2.05) is 0 Å². The van der Waals surface area contributed by atoms with Gasteiger partial charge in [-0.15, -0.1) is 0 Å². The number of carbonyl (C=O) groups excluding carboxylic acids is 1. The molecule has 0 bridgehead atoms. The lowest BCUT2D eigenvalue weighted by atomic mass is 9.93. The third-order valence-electron chi connectivity index (χ3n) is 4.32. The van der Waals surface area contributed by atoms with E-state index in [-0.39, 0.29) is 30.4 Å². The number of para-hydroxylation sites is 1. The highest BCUT2D eigenvalue weighted by molar-refractivity contribution is 5.77. The molecule has 1 saturated carbocycles. The van der Waals surface area contributed by atoms with Crippen LogP contribution in [0.2, 0.25) is 0 Å². The molecule has 8 heteroatoms. The van der Waals surface area contributed by atoms with Gasteiger partial charge in [-0.2, -0.15) is 4.98 Å². The van der Waals surface area contributed by atoms with Crippen molar-refractivity contribution in [3.05, 3.63) is 42.5 Å². The summed E-state index contributed by atoms with van der Waals surface area (Å²) in [6.45, 7) is -0.212. The predicted octanol–water partition coefficient (Wildman–Crippen LogP) is 2.51. The van der Waals surface area contributed by atoms with Crippen molar-refractivity contribution in [3.63, 3.8) is 0 Å². The maximum absolute atomic E-state index is 13.5. The summed E-state index contributed by atoms with van der Waals surface area (Å²) >= 11 is 0. The van der Waals surface area contributed by atoms with Gasteiger partial charge in [0.25, 0.3) is 5.91 Å². The van der Waals surface area contributed by atoms with Gasteiger partial charge in [0.15, 0.2) is 18.2 Å². The summed E-state index contributed by atoms with van der Waals surface area (Å²) < 4.78 is 29.6. The van der Waals surface area contributed by atoms with Crippen LogP contribution in [-0.2, 0) is 4.79 Å². The van der Waals surface area contributed by atoms with Gasteiger partial charge < -0.3 is 19.5 Å². The largest absolute Gasteiger partial charge is 0.481 e. The number of hydrogen-bond donors (Lipinski definition) is 1. The van der Waals surface area contributed by atoms with Crippen LogP contribution < -0.4 is 19.5 Å². The second-order valence-electron chi connectivity index (χ2n) is 6.28. The molecule has 1 aliphatic rings. The van der Waals surface area contributed by atoms with Gasteiger partial charge in [-0.3, -0.25) is 9.78 Å². The molecule has 1 fully saturated rings. The molecule has 0 radical (unpaired) electrons. The molecule has 1 aromatic carbocycles. The fourth-order valence-corrected chi connectivity index (χ4v) is 2.96. The minimum absolute atomic E-state index is 0.0224. The monoisotopic (exact) mass is 375 g/mol. The zero-order chi connectivity index (χ0) is 19.1. The molecule has 27 heavy (non-hydrogen) atoms. The molecule has 1 aromatic heterocycles. The number of hydrogen-bond acceptors (Lipinski definition) is 6. The average Bonchev–Trinajstić information content (AvgIpc) is 2.69. The number of ether oxygens (including phenoxy) is 3. The minimum Gasteiger partial charge on any atom is -0.481 e. The second-order valence-corrected chi connectivity index (χ2v) is 6.28. The lowest BCUT2D eigenvalue weighted by Gasteiger charge is -2.29. The number of benzene rings is 1. The molecule has 144 valence electrons. The first kappa shape index (κ1) is 18.9. The minimum atomic E-state index is -0.483. The van der Waals surface area contributed by atoms with E-state index >= 15 is 0 Å². The predicted molar refractivity (Wildman–Crippen MR) is 95.3 cm³/mol. The average molecular weight is 375 g/mol. The van der Waals surface area contributed by atoms with Gasteiger partial charge in [-0.25, -0.2) is 4.39 Å². The SMILES string of the molecule is COc1cncc(OC2CCC(NC(=O)COc3ccccc3F)CC2)n1. The van der Waals surface area contributed by atoms with E-state index in [0.29, 0.717) is 11.8 Å². The van der Waals surface area contributed by atoms with Crippen molar-refractivity contribution in [2.45, 2.75) is 37.8 Å². The Hall–Kier alpha value is -2.90. The van der Waals surface area contributed by atoms with Crippen LogP contribution in [0, 0.1) is 5.82 Å². The van der Waals surface area contributed by atoms with Crippen molar-refractivity contribution in [1.29, 1.82) is 0 Å². The summed E-state index contributed by atoms with van der Waals surface area (Å²) in [6.07, 6.45) is 6.24. The molecule has 1 heterocycles. The maximum atomic E-state index is 13.5. The van der Waals surface area contributed by atoms with E-state index < -0.39 is 5.82 Å². The third kappa shape index (κ3) is 5.54. The quantitative estimate of drug-likeness (QED) is 0.801. The van der Waals surface area contributed by atoms with Crippen molar-refractivity contribution in [3.8, 4) is 17.5 Å². The van der Waals surface area contributed by atoms with Crippen molar-refractivity contribution in [2.24, 2.45) is 0 Å². The number of amides is 1. The van der Waals surface area contributed by atoms with E-state index in [9.17, 15) is 9.18 Å². The van der Waals surface area contributed by atoms with Gasteiger partial charge in [0.1, 0.15) is 6.10 Å². The molecule has 1 amide bonds. The Morgan fingerprint density at radius 3 is 2.67 bits per heavy atom. The van der Waals surface area contributed by atoms with E-state index in [0.717, 1.165) is 25.7 Å². The zero-order valence-corrected chi connectivity index (χ0v) is 15.1. The molecule has 1 N–H and O–H groups in total. The number of halogens is 1. The molecule has 0 atom stereocenters. The first-order chi connectivity index (χ1) is 13.1. The molecule has 1 aliphatic carbocycles. The Bertz CT molecular complexity index is 766. The van der Waals surface area contributed by atoms with Gasteiger partial charge in [0, 0.05) is 6.04 Å². The Labute approximate surface area is 156 Å². The lowest BCUT2D eigenvalue weighted by Crippen LogP contribution is -2.41. The van der Waals surface area contributed by atoms with E-state index in [4.69, 9.17) is 14.2 Å². The highest BCUT2D eigenvalue weighted by Crippen LogP contribution is 2.23.